The molecule has 136 valence electrons. The van der Waals surface area contributed by atoms with Crippen LogP contribution in [0.25, 0.3) is 0 Å². The second-order valence-corrected chi connectivity index (χ2v) is 5.95. The Hall–Kier alpha value is -1.68. The Kier molecular flexibility index (Phi) is 7.61. The molecule has 1 fully saturated rings. The molecule has 24 heavy (non-hydrogen) atoms. The van der Waals surface area contributed by atoms with Crippen molar-refractivity contribution >= 4 is 39.8 Å². The van der Waals surface area contributed by atoms with Crippen LogP contribution in [0.3, 0.4) is 0 Å². The first kappa shape index (κ1) is 20.4. The fraction of sp³-hybridized carbons (Fsp3) is 0.714. The van der Waals surface area contributed by atoms with Crippen LogP contribution in [0.2, 0.25) is 0 Å². The largest absolute Gasteiger partial charge is 0.463 e. The van der Waals surface area contributed by atoms with Crippen LogP contribution in [0.15, 0.2) is 0 Å². The van der Waals surface area contributed by atoms with E-state index in [4.69, 9.17) is 23.7 Å². The van der Waals surface area contributed by atoms with Gasteiger partial charge in [0.2, 0.25) is 0 Å². The normalized spacial score (nSPS) is 29.3. The molecule has 9 nitrogen and oxygen atoms in total. The molecule has 0 aromatic carbocycles. The SMILES string of the molecule is CC(=O)OC[C@H]1OC(Br)[C@H](OC(C)=O)[C@@H](OC(C)=O)[C@@H]1OC(C)=O. The van der Waals surface area contributed by atoms with Crippen LogP contribution < -0.4 is 0 Å². The van der Waals surface area contributed by atoms with Crippen LogP contribution in [0, 0.1) is 0 Å². The van der Waals surface area contributed by atoms with E-state index in [1.165, 1.54) is 13.8 Å². The summed E-state index contributed by atoms with van der Waals surface area (Å²) in [6.45, 7) is 4.47. The summed E-state index contributed by atoms with van der Waals surface area (Å²) in [6, 6.07) is 0. The Balaban J connectivity index is 3.11. The van der Waals surface area contributed by atoms with Gasteiger partial charge < -0.3 is 23.7 Å². The van der Waals surface area contributed by atoms with E-state index in [1.54, 1.807) is 0 Å². The fourth-order valence-electron chi connectivity index (χ4n) is 2.18. The summed E-state index contributed by atoms with van der Waals surface area (Å²) in [4.78, 5) is 45.1. The molecule has 0 saturated carbocycles. The van der Waals surface area contributed by atoms with Crippen LogP contribution in [0.1, 0.15) is 27.7 Å². The number of carbonyl (C=O) groups is 4. The summed E-state index contributed by atoms with van der Waals surface area (Å²) >= 11 is 3.18. The zero-order chi connectivity index (χ0) is 18.4. The van der Waals surface area contributed by atoms with Crippen molar-refractivity contribution in [1.82, 2.24) is 0 Å². The molecule has 0 spiro atoms. The molecule has 10 heteroatoms. The van der Waals surface area contributed by atoms with Gasteiger partial charge in [0, 0.05) is 27.7 Å². The predicted molar refractivity (Wildman–Crippen MR) is 80.9 cm³/mol. The van der Waals surface area contributed by atoms with Crippen LogP contribution in [-0.4, -0.2) is 59.9 Å². The summed E-state index contributed by atoms with van der Waals surface area (Å²) in [5.74, 6) is -2.52. The molecule has 5 atom stereocenters. The Morgan fingerprint density at radius 3 is 1.71 bits per heavy atom. The maximum Gasteiger partial charge on any atom is 0.303 e. The highest BCUT2D eigenvalue weighted by atomic mass is 79.9. The van der Waals surface area contributed by atoms with Gasteiger partial charge in [0.05, 0.1) is 0 Å². The highest BCUT2D eigenvalue weighted by Crippen LogP contribution is 2.31. The standard InChI is InChI=1S/C14H19BrO9/c1-6(16)20-5-10-11(21-7(2)17)12(22-8(3)18)13(14(15)24-10)23-9(4)19/h10-14H,5H2,1-4H3/t10-,11-,12+,13-,14?/m1/s1. The highest BCUT2D eigenvalue weighted by molar-refractivity contribution is 9.09. The van der Waals surface area contributed by atoms with E-state index in [0.717, 1.165) is 13.8 Å². The number of ether oxygens (including phenoxy) is 5. The zero-order valence-corrected chi connectivity index (χ0v) is 15.2. The van der Waals surface area contributed by atoms with E-state index in [9.17, 15) is 19.2 Å². The molecule has 1 aliphatic heterocycles. The first-order valence-corrected chi connectivity index (χ1v) is 7.98. The first-order valence-electron chi connectivity index (χ1n) is 7.06. The lowest BCUT2D eigenvalue weighted by Gasteiger charge is -2.42. The number of carbonyl (C=O) groups excluding carboxylic acids is 4. The van der Waals surface area contributed by atoms with Crippen molar-refractivity contribution in [2.24, 2.45) is 0 Å². The molecule has 1 heterocycles. The summed E-state index contributed by atoms with van der Waals surface area (Å²) in [5.41, 5.74) is 0. The third-order valence-electron chi connectivity index (χ3n) is 2.93. The van der Waals surface area contributed by atoms with Gasteiger partial charge in [-0.25, -0.2) is 0 Å². The monoisotopic (exact) mass is 410 g/mol. The third-order valence-corrected chi connectivity index (χ3v) is 3.67. The average Bonchev–Trinajstić information content (AvgIpc) is 2.42. The molecule has 0 amide bonds. The summed E-state index contributed by atoms with van der Waals surface area (Å²) in [5, 5.41) is -0.863. The second kappa shape index (κ2) is 8.97. The fourth-order valence-corrected chi connectivity index (χ4v) is 2.86. The van der Waals surface area contributed by atoms with Crippen LogP contribution in [0.4, 0.5) is 0 Å². The van der Waals surface area contributed by atoms with Gasteiger partial charge in [0.15, 0.2) is 23.3 Å². The molecule has 0 radical (unpaired) electrons. The summed E-state index contributed by atoms with van der Waals surface area (Å²) < 4.78 is 25.9. The van der Waals surface area contributed by atoms with Gasteiger partial charge in [-0.3, -0.25) is 19.2 Å². The van der Waals surface area contributed by atoms with Crippen molar-refractivity contribution in [2.45, 2.75) is 57.1 Å². The molecule has 0 aromatic rings. The topological polar surface area (TPSA) is 114 Å². The van der Waals surface area contributed by atoms with Gasteiger partial charge >= 0.3 is 23.9 Å². The third kappa shape index (κ3) is 6.08. The van der Waals surface area contributed by atoms with E-state index in [0.29, 0.717) is 0 Å². The van der Waals surface area contributed by atoms with Gasteiger partial charge in [-0.05, 0) is 0 Å². The average molecular weight is 411 g/mol. The van der Waals surface area contributed by atoms with Crippen LogP contribution >= 0.6 is 15.9 Å². The van der Waals surface area contributed by atoms with Gasteiger partial charge in [-0.2, -0.15) is 0 Å². The van der Waals surface area contributed by atoms with E-state index >= 15 is 0 Å². The quantitative estimate of drug-likeness (QED) is 0.362. The minimum Gasteiger partial charge on any atom is -0.463 e. The smallest absolute Gasteiger partial charge is 0.303 e. The molecule has 1 rings (SSSR count). The summed E-state index contributed by atoms with van der Waals surface area (Å²) in [7, 11) is 0. The van der Waals surface area contributed by atoms with Crippen molar-refractivity contribution in [3.8, 4) is 0 Å². The number of alkyl halides is 1. The number of rotatable bonds is 5. The van der Waals surface area contributed by atoms with Crippen molar-refractivity contribution in [3.05, 3.63) is 0 Å². The molecule has 0 aromatic heterocycles. The van der Waals surface area contributed by atoms with Gasteiger partial charge in [-0.1, -0.05) is 15.9 Å². The second-order valence-electron chi connectivity index (χ2n) is 5.05. The molecule has 0 aliphatic carbocycles. The molecule has 1 aliphatic rings. The molecule has 0 N–H and O–H groups in total. The Labute approximate surface area is 147 Å². The van der Waals surface area contributed by atoms with Gasteiger partial charge in [-0.15, -0.1) is 0 Å². The van der Waals surface area contributed by atoms with E-state index < -0.39 is 53.3 Å². The molecule has 0 bridgehead atoms. The van der Waals surface area contributed by atoms with Gasteiger partial charge in [0.1, 0.15) is 12.7 Å². The minimum atomic E-state index is -1.13. The number of halogens is 1. The van der Waals surface area contributed by atoms with Crippen LogP contribution in [0.5, 0.6) is 0 Å². The van der Waals surface area contributed by atoms with E-state index in [-0.39, 0.29) is 6.61 Å². The number of hydrogen-bond donors (Lipinski definition) is 0. The first-order chi connectivity index (χ1) is 11.1. The molecule has 1 saturated heterocycles. The Morgan fingerprint density at radius 2 is 1.25 bits per heavy atom. The number of esters is 4. The molecular weight excluding hydrogens is 392 g/mol. The van der Waals surface area contributed by atoms with Crippen molar-refractivity contribution in [1.29, 1.82) is 0 Å². The molecular formula is C14H19BrO9. The van der Waals surface area contributed by atoms with Crippen molar-refractivity contribution in [2.75, 3.05) is 6.61 Å². The van der Waals surface area contributed by atoms with Crippen molar-refractivity contribution < 1.29 is 42.9 Å². The maximum atomic E-state index is 11.4. The van der Waals surface area contributed by atoms with E-state index in [1.807, 2.05) is 0 Å². The Morgan fingerprint density at radius 1 is 0.792 bits per heavy atom. The lowest BCUT2D eigenvalue weighted by Crippen LogP contribution is -2.60. The van der Waals surface area contributed by atoms with E-state index in [2.05, 4.69) is 15.9 Å². The highest BCUT2D eigenvalue weighted by Gasteiger charge is 2.51. The van der Waals surface area contributed by atoms with Crippen molar-refractivity contribution in [3.63, 3.8) is 0 Å². The molecule has 1 unspecified atom stereocenters. The Bertz CT molecular complexity index is 506. The number of hydrogen-bond acceptors (Lipinski definition) is 9. The van der Waals surface area contributed by atoms with Crippen LogP contribution in [-0.2, 0) is 42.9 Å². The summed E-state index contributed by atoms with van der Waals surface area (Å²) in [6.07, 6.45) is -4.22. The lowest BCUT2D eigenvalue weighted by atomic mass is 9.99. The zero-order valence-electron chi connectivity index (χ0n) is 13.6. The lowest BCUT2D eigenvalue weighted by molar-refractivity contribution is -0.236. The maximum absolute atomic E-state index is 11.4. The van der Waals surface area contributed by atoms with Gasteiger partial charge in [0.25, 0.3) is 0 Å². The predicted octanol–water partition coefficient (Wildman–Crippen LogP) is 0.464. The minimum absolute atomic E-state index is 0.236.